The largest absolute Gasteiger partial charge is 0.352 e. The average molecular weight is 328 g/mol. The van der Waals surface area contributed by atoms with Crippen molar-refractivity contribution in [2.75, 3.05) is 18.8 Å². The molecule has 1 aliphatic heterocycles. The van der Waals surface area contributed by atoms with Gasteiger partial charge in [-0.3, -0.25) is 9.59 Å². The van der Waals surface area contributed by atoms with E-state index in [1.165, 1.54) is 4.90 Å². The van der Waals surface area contributed by atoms with Crippen LogP contribution in [-0.2, 0) is 19.4 Å². The van der Waals surface area contributed by atoms with E-state index >= 15 is 0 Å². The summed E-state index contributed by atoms with van der Waals surface area (Å²) in [6.45, 7) is 3.65. The third kappa shape index (κ3) is 3.11. The zero-order valence-corrected chi connectivity index (χ0v) is 13.1. The van der Waals surface area contributed by atoms with Crippen molar-refractivity contribution < 1.29 is 22.4 Å². The van der Waals surface area contributed by atoms with Crippen molar-refractivity contribution in [2.24, 2.45) is 0 Å². The lowest BCUT2D eigenvalue weighted by atomic mass is 9.99. The number of nitrogens with one attached hydrogen (secondary N) is 1. The van der Waals surface area contributed by atoms with Gasteiger partial charge in [-0.25, -0.2) is 12.8 Å². The first kappa shape index (κ1) is 16.4. The number of hydrogen-bond donors (Lipinski definition) is 1. The van der Waals surface area contributed by atoms with Crippen LogP contribution in [0.25, 0.3) is 0 Å². The number of carbonyl (C=O) groups is 2. The first-order valence-electron chi connectivity index (χ1n) is 6.72. The molecule has 0 atom stereocenters. The van der Waals surface area contributed by atoms with E-state index in [4.69, 9.17) is 0 Å². The van der Waals surface area contributed by atoms with E-state index < -0.39 is 32.9 Å². The molecule has 120 valence electrons. The molecular weight excluding hydrogens is 311 g/mol. The quantitative estimate of drug-likeness (QED) is 0.811. The minimum atomic E-state index is -3.88. The van der Waals surface area contributed by atoms with Gasteiger partial charge in [-0.1, -0.05) is 0 Å². The number of benzene rings is 1. The van der Waals surface area contributed by atoms with Crippen molar-refractivity contribution in [3.05, 3.63) is 30.1 Å². The van der Waals surface area contributed by atoms with Gasteiger partial charge < -0.3 is 10.2 Å². The summed E-state index contributed by atoms with van der Waals surface area (Å²) in [5, 5.41) is 2.63. The number of amides is 2. The normalized spacial score (nSPS) is 18.0. The van der Waals surface area contributed by atoms with Crippen LogP contribution in [0.15, 0.2) is 29.2 Å². The summed E-state index contributed by atoms with van der Waals surface area (Å²) in [7, 11) is -3.88. The van der Waals surface area contributed by atoms with Crippen LogP contribution in [0.5, 0.6) is 0 Å². The molecule has 6 nitrogen and oxygen atoms in total. The molecule has 2 amide bonds. The van der Waals surface area contributed by atoms with Crippen molar-refractivity contribution >= 4 is 21.7 Å². The highest BCUT2D eigenvalue weighted by Gasteiger charge is 2.41. The van der Waals surface area contributed by atoms with E-state index in [-0.39, 0.29) is 23.9 Å². The van der Waals surface area contributed by atoms with Crippen LogP contribution >= 0.6 is 0 Å². The summed E-state index contributed by atoms with van der Waals surface area (Å²) in [5.41, 5.74) is -1.10. The van der Waals surface area contributed by atoms with Gasteiger partial charge in [0.2, 0.25) is 11.8 Å². The molecule has 0 saturated carbocycles. The van der Waals surface area contributed by atoms with Crippen LogP contribution in [0.3, 0.4) is 0 Å². The van der Waals surface area contributed by atoms with Crippen LogP contribution in [0.2, 0.25) is 0 Å². The molecule has 1 aromatic rings. The van der Waals surface area contributed by atoms with E-state index in [1.807, 2.05) is 0 Å². The summed E-state index contributed by atoms with van der Waals surface area (Å²) in [6, 6.07) is 4.28. The molecule has 0 spiro atoms. The molecule has 2 rings (SSSR count). The Kier molecular flexibility index (Phi) is 4.23. The van der Waals surface area contributed by atoms with E-state index in [9.17, 15) is 22.4 Å². The highest BCUT2D eigenvalue weighted by molar-refractivity contribution is 7.92. The number of halogens is 1. The Labute approximate surface area is 128 Å². The van der Waals surface area contributed by atoms with Gasteiger partial charge in [0.1, 0.15) is 17.1 Å². The Hall–Kier alpha value is -1.96. The Bertz CT molecular complexity index is 698. The van der Waals surface area contributed by atoms with Crippen LogP contribution in [0.4, 0.5) is 4.39 Å². The number of piperazine rings is 1. The van der Waals surface area contributed by atoms with Crippen molar-refractivity contribution in [1.82, 2.24) is 10.2 Å². The van der Waals surface area contributed by atoms with Gasteiger partial charge in [0.05, 0.1) is 4.90 Å². The first-order chi connectivity index (χ1) is 10.1. The highest BCUT2D eigenvalue weighted by Crippen LogP contribution is 2.20. The fraction of sp³-hybridized carbons (Fsp3) is 0.429. The monoisotopic (exact) mass is 328 g/mol. The zero-order valence-electron chi connectivity index (χ0n) is 12.3. The number of nitrogens with zero attached hydrogens (tertiary/aromatic N) is 1. The minimum Gasteiger partial charge on any atom is -0.352 e. The maximum atomic E-state index is 12.9. The lowest BCUT2D eigenvalue weighted by Gasteiger charge is -2.41. The van der Waals surface area contributed by atoms with Crippen LogP contribution in [0.1, 0.15) is 13.8 Å². The second-order valence-electron chi connectivity index (χ2n) is 5.57. The molecule has 0 radical (unpaired) electrons. The predicted molar refractivity (Wildman–Crippen MR) is 77.3 cm³/mol. The third-order valence-corrected chi connectivity index (χ3v) is 5.26. The lowest BCUT2D eigenvalue weighted by molar-refractivity contribution is -0.147. The molecule has 8 heteroatoms. The van der Waals surface area contributed by atoms with Crippen LogP contribution in [-0.4, -0.2) is 49.5 Å². The van der Waals surface area contributed by atoms with Gasteiger partial charge in [-0.2, -0.15) is 0 Å². The van der Waals surface area contributed by atoms with Crippen molar-refractivity contribution in [2.45, 2.75) is 24.3 Å². The number of sulfone groups is 1. The fourth-order valence-electron chi connectivity index (χ4n) is 2.30. The summed E-state index contributed by atoms with van der Waals surface area (Å²) in [4.78, 5) is 25.2. The van der Waals surface area contributed by atoms with E-state index in [0.717, 1.165) is 24.3 Å². The summed E-state index contributed by atoms with van der Waals surface area (Å²) < 4.78 is 37.3. The SMILES string of the molecule is CC1(C)C(=O)NCCN1C(=O)CS(=O)(=O)c1ccc(F)cc1. The van der Waals surface area contributed by atoms with Gasteiger partial charge in [0.15, 0.2) is 9.84 Å². The molecular formula is C14H17FN2O4S. The second kappa shape index (κ2) is 5.68. The maximum Gasteiger partial charge on any atom is 0.245 e. The number of hydrogen-bond acceptors (Lipinski definition) is 4. The van der Waals surface area contributed by atoms with Gasteiger partial charge in [-0.15, -0.1) is 0 Å². The molecule has 1 fully saturated rings. The zero-order chi connectivity index (χ0) is 16.5. The molecule has 1 saturated heterocycles. The number of rotatable bonds is 3. The van der Waals surface area contributed by atoms with Gasteiger partial charge in [0.25, 0.3) is 0 Å². The molecule has 1 N–H and O–H groups in total. The lowest BCUT2D eigenvalue weighted by Crippen LogP contribution is -2.64. The number of carbonyl (C=O) groups excluding carboxylic acids is 2. The summed E-state index contributed by atoms with van der Waals surface area (Å²) >= 11 is 0. The summed E-state index contributed by atoms with van der Waals surface area (Å²) in [5.74, 6) is -2.29. The van der Waals surface area contributed by atoms with Crippen LogP contribution < -0.4 is 5.32 Å². The van der Waals surface area contributed by atoms with E-state index in [0.29, 0.717) is 0 Å². The van der Waals surface area contributed by atoms with Crippen molar-refractivity contribution in [3.8, 4) is 0 Å². The van der Waals surface area contributed by atoms with Crippen LogP contribution in [0, 0.1) is 5.82 Å². The highest BCUT2D eigenvalue weighted by atomic mass is 32.2. The average Bonchev–Trinajstić information content (AvgIpc) is 2.41. The topological polar surface area (TPSA) is 83.6 Å². The minimum absolute atomic E-state index is 0.124. The standard InChI is InChI=1S/C14H17FN2O4S/c1-14(2)13(19)16-7-8-17(14)12(18)9-22(20,21)11-5-3-10(15)4-6-11/h3-6H,7-9H2,1-2H3,(H,16,19). The fourth-order valence-corrected chi connectivity index (χ4v) is 3.50. The summed E-state index contributed by atoms with van der Waals surface area (Å²) in [6.07, 6.45) is 0. The van der Waals surface area contributed by atoms with E-state index in [2.05, 4.69) is 5.32 Å². The van der Waals surface area contributed by atoms with Crippen molar-refractivity contribution in [3.63, 3.8) is 0 Å². The molecule has 1 aromatic carbocycles. The Balaban J connectivity index is 2.20. The molecule has 0 aliphatic carbocycles. The molecule has 22 heavy (non-hydrogen) atoms. The predicted octanol–water partition coefficient (Wildman–Crippen LogP) is 0.336. The maximum absolute atomic E-state index is 12.9. The first-order valence-corrected chi connectivity index (χ1v) is 8.37. The molecule has 1 heterocycles. The Morgan fingerprint density at radius 3 is 2.50 bits per heavy atom. The molecule has 1 aliphatic rings. The Morgan fingerprint density at radius 1 is 1.32 bits per heavy atom. The van der Waals surface area contributed by atoms with E-state index in [1.54, 1.807) is 13.8 Å². The van der Waals surface area contributed by atoms with Crippen molar-refractivity contribution in [1.29, 1.82) is 0 Å². The second-order valence-corrected chi connectivity index (χ2v) is 7.56. The smallest absolute Gasteiger partial charge is 0.245 e. The molecule has 0 bridgehead atoms. The molecule has 0 unspecified atom stereocenters. The van der Waals surface area contributed by atoms with Gasteiger partial charge >= 0.3 is 0 Å². The Morgan fingerprint density at radius 2 is 1.91 bits per heavy atom. The third-order valence-electron chi connectivity index (χ3n) is 3.64. The van der Waals surface area contributed by atoms with Gasteiger partial charge in [-0.05, 0) is 38.1 Å². The molecule has 0 aromatic heterocycles. The van der Waals surface area contributed by atoms with Gasteiger partial charge in [0, 0.05) is 13.1 Å².